The molecule has 1 fully saturated rings. The fraction of sp³-hybridized carbons (Fsp3) is 0.235. The summed E-state index contributed by atoms with van der Waals surface area (Å²) in [6.45, 7) is 0. The molecule has 4 rings (SSSR count). The largest absolute Gasteiger partial charge is 0.477 e. The van der Waals surface area contributed by atoms with E-state index in [0.29, 0.717) is 11.3 Å². The minimum atomic E-state index is -1.22. The minimum Gasteiger partial charge on any atom is -0.477 e. The third kappa shape index (κ3) is 4.73. The molecule has 1 saturated heterocycles. The number of nitrogens with zero attached hydrogens (tertiary/aromatic N) is 5. The SMILES string of the molecule is CO/N=C(\C(=O)N[C@@H]1C(=O)N2C(C(=O)O)=C(/C=C/Sc3cnns3)CS[C@H]12)c1csc(N)n1. The summed E-state index contributed by atoms with van der Waals surface area (Å²) in [4.78, 5) is 47.5. The predicted octanol–water partition coefficient (Wildman–Crippen LogP) is 0.972. The molecule has 2 aliphatic rings. The van der Waals surface area contributed by atoms with E-state index in [1.54, 1.807) is 23.1 Å². The van der Waals surface area contributed by atoms with Crippen molar-refractivity contribution in [3.8, 4) is 0 Å². The van der Waals surface area contributed by atoms with Crippen molar-refractivity contribution in [2.24, 2.45) is 5.16 Å². The van der Waals surface area contributed by atoms with Crippen LogP contribution in [0.25, 0.3) is 0 Å². The van der Waals surface area contributed by atoms with Gasteiger partial charge in [0.25, 0.3) is 11.8 Å². The van der Waals surface area contributed by atoms with Gasteiger partial charge in [-0.3, -0.25) is 14.5 Å². The van der Waals surface area contributed by atoms with Gasteiger partial charge in [-0.15, -0.1) is 28.2 Å². The monoisotopic (exact) mass is 525 g/mol. The van der Waals surface area contributed by atoms with Crippen molar-refractivity contribution in [1.29, 1.82) is 0 Å². The maximum absolute atomic E-state index is 12.8. The number of fused-ring (bicyclic) bond motifs is 1. The van der Waals surface area contributed by atoms with Crippen molar-refractivity contribution >= 4 is 75.0 Å². The van der Waals surface area contributed by atoms with Crippen LogP contribution in [0.2, 0.25) is 0 Å². The van der Waals surface area contributed by atoms with Gasteiger partial charge in [-0.05, 0) is 28.6 Å². The Labute approximate surface area is 203 Å². The van der Waals surface area contributed by atoms with Crippen LogP contribution in [0.1, 0.15) is 5.69 Å². The molecule has 16 heteroatoms. The summed E-state index contributed by atoms with van der Waals surface area (Å²) in [6.07, 6.45) is 3.26. The molecule has 0 aromatic carbocycles. The van der Waals surface area contributed by atoms with Crippen molar-refractivity contribution in [2.45, 2.75) is 15.6 Å². The number of allylic oxidation sites excluding steroid dienone is 1. The Morgan fingerprint density at radius 2 is 2.30 bits per heavy atom. The standard InChI is InChI=1S/C17H15N7O5S4/c1-29-22-10(8-6-32-17(18)20-8)13(25)21-11-14(26)24-12(16(27)28)7(5-31-15(11)24)2-3-30-9-4-19-23-33-9/h2-4,6,11,15H,5H2,1H3,(H2,18,20)(H,21,25)(H,27,28)/b3-2+,22-10-/t11-,15-/m1/s1. The quantitative estimate of drug-likeness (QED) is 0.194. The molecule has 2 aromatic heterocycles. The van der Waals surface area contributed by atoms with Crippen LogP contribution in [0.5, 0.6) is 0 Å². The van der Waals surface area contributed by atoms with E-state index in [-0.39, 0.29) is 22.2 Å². The van der Waals surface area contributed by atoms with Crippen LogP contribution in [0.4, 0.5) is 5.13 Å². The number of carboxylic acids is 1. The van der Waals surface area contributed by atoms with E-state index in [2.05, 4.69) is 25.0 Å². The van der Waals surface area contributed by atoms with E-state index < -0.39 is 29.2 Å². The number of carbonyl (C=O) groups excluding carboxylic acids is 2. The second kappa shape index (κ2) is 9.90. The highest BCUT2D eigenvalue weighted by Gasteiger charge is 2.54. The second-order valence-electron chi connectivity index (χ2n) is 6.39. The van der Waals surface area contributed by atoms with Gasteiger partial charge in [0.15, 0.2) is 10.8 Å². The Morgan fingerprint density at radius 1 is 1.48 bits per heavy atom. The lowest BCUT2D eigenvalue weighted by Crippen LogP contribution is -2.71. The van der Waals surface area contributed by atoms with Crippen LogP contribution in [-0.2, 0) is 19.2 Å². The minimum absolute atomic E-state index is 0.105. The predicted molar refractivity (Wildman–Crippen MR) is 125 cm³/mol. The molecule has 0 unspecified atom stereocenters. The zero-order chi connectivity index (χ0) is 23.5. The number of amides is 2. The highest BCUT2D eigenvalue weighted by atomic mass is 32.2. The molecule has 0 saturated carbocycles. The number of β-lactam (4-membered cyclic amide) rings is 1. The molecule has 2 amide bonds. The number of nitrogens with one attached hydrogen (secondary N) is 1. The number of aliphatic carboxylic acids is 1. The Bertz CT molecular complexity index is 1180. The molecule has 33 heavy (non-hydrogen) atoms. The Hall–Kier alpha value is -2.95. The number of rotatable bonds is 8. The van der Waals surface area contributed by atoms with Gasteiger partial charge in [0, 0.05) is 11.1 Å². The Balaban J connectivity index is 1.49. The van der Waals surface area contributed by atoms with Crippen LogP contribution in [0, 0.1) is 0 Å². The first-order valence-electron chi connectivity index (χ1n) is 9.05. The van der Waals surface area contributed by atoms with E-state index in [1.165, 1.54) is 47.1 Å². The first-order valence-corrected chi connectivity index (χ1v) is 12.6. The summed E-state index contributed by atoms with van der Waals surface area (Å²) in [5.74, 6) is -2.08. The third-order valence-corrected chi connectivity index (χ3v) is 8.00. The molecule has 4 N–H and O–H groups in total. The maximum atomic E-state index is 12.8. The first kappa shape index (κ1) is 23.2. The van der Waals surface area contributed by atoms with Crippen LogP contribution in [-0.4, -0.2) is 72.4 Å². The number of nitrogens with two attached hydrogens (primary N) is 1. The molecule has 0 aliphatic carbocycles. The van der Waals surface area contributed by atoms with Gasteiger partial charge in [-0.2, -0.15) is 0 Å². The number of anilines is 1. The summed E-state index contributed by atoms with van der Waals surface area (Å²) in [6, 6.07) is -0.918. The average molecular weight is 526 g/mol. The van der Waals surface area contributed by atoms with Gasteiger partial charge >= 0.3 is 5.97 Å². The molecule has 12 nitrogen and oxygen atoms in total. The zero-order valence-electron chi connectivity index (χ0n) is 16.7. The van der Waals surface area contributed by atoms with E-state index in [9.17, 15) is 19.5 Å². The number of thiazole rings is 1. The highest BCUT2D eigenvalue weighted by Crippen LogP contribution is 2.41. The number of oxime groups is 1. The molecule has 2 aromatic rings. The molecule has 2 aliphatic heterocycles. The van der Waals surface area contributed by atoms with Crippen molar-refractivity contribution < 1.29 is 24.3 Å². The fourth-order valence-electron chi connectivity index (χ4n) is 3.07. The Kier molecular flexibility index (Phi) is 6.96. The van der Waals surface area contributed by atoms with Gasteiger partial charge in [0.2, 0.25) is 0 Å². The summed E-state index contributed by atoms with van der Waals surface area (Å²) in [5.41, 5.74) is 6.09. The van der Waals surface area contributed by atoms with Crippen molar-refractivity contribution in [3.63, 3.8) is 0 Å². The van der Waals surface area contributed by atoms with Crippen LogP contribution in [0.15, 0.2) is 43.7 Å². The van der Waals surface area contributed by atoms with Gasteiger partial charge in [-0.1, -0.05) is 21.4 Å². The molecule has 2 atom stereocenters. The molecule has 4 heterocycles. The van der Waals surface area contributed by atoms with Crippen LogP contribution in [0.3, 0.4) is 0 Å². The molecule has 0 spiro atoms. The van der Waals surface area contributed by atoms with Crippen LogP contribution < -0.4 is 11.1 Å². The number of aromatic nitrogens is 3. The smallest absolute Gasteiger partial charge is 0.352 e. The van der Waals surface area contributed by atoms with Crippen molar-refractivity contribution in [3.05, 3.63) is 40.0 Å². The van der Waals surface area contributed by atoms with Crippen LogP contribution >= 0.6 is 46.4 Å². The van der Waals surface area contributed by atoms with E-state index in [4.69, 9.17) is 10.6 Å². The average Bonchev–Trinajstić information content (AvgIpc) is 3.46. The normalized spacial score (nSPS) is 20.6. The fourth-order valence-corrected chi connectivity index (χ4v) is 6.11. The number of hydrogen-bond donors (Lipinski definition) is 3. The van der Waals surface area contributed by atoms with E-state index in [1.807, 2.05) is 0 Å². The number of hydrogen-bond acceptors (Lipinski definition) is 13. The highest BCUT2D eigenvalue weighted by molar-refractivity contribution is 8.03. The summed E-state index contributed by atoms with van der Waals surface area (Å²) in [7, 11) is 1.28. The lowest BCUT2D eigenvalue weighted by atomic mass is 10.0. The van der Waals surface area contributed by atoms with Gasteiger partial charge in [0.1, 0.15) is 34.1 Å². The first-order chi connectivity index (χ1) is 15.9. The van der Waals surface area contributed by atoms with Gasteiger partial charge in [0.05, 0.1) is 6.20 Å². The lowest BCUT2D eigenvalue weighted by Gasteiger charge is -2.49. The van der Waals surface area contributed by atoms with Crippen molar-refractivity contribution in [1.82, 2.24) is 24.8 Å². The number of nitrogen functional groups attached to an aromatic ring is 1. The van der Waals surface area contributed by atoms with Gasteiger partial charge in [-0.25, -0.2) is 9.78 Å². The molecule has 172 valence electrons. The summed E-state index contributed by atoms with van der Waals surface area (Å²) in [5, 5.41) is 22.7. The topological polar surface area (TPSA) is 173 Å². The number of carbonyl (C=O) groups is 3. The van der Waals surface area contributed by atoms with E-state index in [0.717, 1.165) is 15.5 Å². The zero-order valence-corrected chi connectivity index (χ0v) is 20.0. The maximum Gasteiger partial charge on any atom is 0.352 e. The van der Waals surface area contributed by atoms with Gasteiger partial charge < -0.3 is 21.0 Å². The molecular weight excluding hydrogens is 510 g/mol. The summed E-state index contributed by atoms with van der Waals surface area (Å²) >= 11 is 5.05. The van der Waals surface area contributed by atoms with E-state index >= 15 is 0 Å². The molecule has 0 radical (unpaired) electrons. The lowest BCUT2D eigenvalue weighted by molar-refractivity contribution is -0.150. The second-order valence-corrected chi connectivity index (χ2v) is 10.4. The Morgan fingerprint density at radius 3 is 2.94 bits per heavy atom. The molecule has 0 bridgehead atoms. The summed E-state index contributed by atoms with van der Waals surface area (Å²) < 4.78 is 4.61. The number of thioether (sulfide) groups is 2. The number of carboxylic acid groups (broad SMARTS) is 1. The molecular formula is C17H15N7O5S4. The van der Waals surface area contributed by atoms with Crippen molar-refractivity contribution in [2.75, 3.05) is 18.6 Å². The third-order valence-electron chi connectivity index (χ3n) is 4.44.